The molecule has 1 fully saturated rings. The summed E-state index contributed by atoms with van der Waals surface area (Å²) in [4.78, 5) is 8.39. The smallest absolute Gasteiger partial charge is 0.241 e. The highest BCUT2D eigenvalue weighted by Crippen LogP contribution is 2.21. The van der Waals surface area contributed by atoms with Gasteiger partial charge in [-0.2, -0.15) is 0 Å². The van der Waals surface area contributed by atoms with E-state index < -0.39 is 10.0 Å². The molecule has 6 nitrogen and oxygen atoms in total. The summed E-state index contributed by atoms with van der Waals surface area (Å²) in [5.41, 5.74) is 0. The average Bonchev–Trinajstić information content (AvgIpc) is 2.29. The lowest BCUT2D eigenvalue weighted by Gasteiger charge is -2.33. The minimum absolute atomic E-state index is 0.101. The van der Waals surface area contributed by atoms with Crippen LogP contribution in [0.5, 0.6) is 0 Å². The third-order valence-electron chi connectivity index (χ3n) is 2.86. The van der Waals surface area contributed by atoms with E-state index in [1.165, 1.54) is 6.07 Å². The van der Waals surface area contributed by atoms with E-state index >= 15 is 0 Å². The monoisotopic (exact) mass is 256 g/mol. The zero-order valence-corrected chi connectivity index (χ0v) is 10.5. The summed E-state index contributed by atoms with van der Waals surface area (Å²) in [6.45, 7) is 3.30. The minimum Gasteiger partial charge on any atom is -0.353 e. The third kappa shape index (κ3) is 2.74. The topological polar surface area (TPSA) is 79.5 Å². The van der Waals surface area contributed by atoms with Crippen molar-refractivity contribution in [1.82, 2.24) is 9.88 Å². The third-order valence-corrected chi connectivity index (χ3v) is 3.79. The molecule has 94 valence electrons. The highest BCUT2D eigenvalue weighted by Gasteiger charge is 2.22. The Hall–Kier alpha value is -1.18. The lowest BCUT2D eigenvalue weighted by atomic mass is 10.3. The maximum absolute atomic E-state index is 11.5. The molecule has 0 amide bonds. The fraction of sp³-hybridized carbons (Fsp3) is 0.500. The Morgan fingerprint density at radius 1 is 1.29 bits per heavy atom. The normalized spacial score (nSPS) is 18.4. The van der Waals surface area contributed by atoms with Crippen molar-refractivity contribution >= 4 is 15.8 Å². The van der Waals surface area contributed by atoms with Gasteiger partial charge in [0.15, 0.2) is 0 Å². The first kappa shape index (κ1) is 12.3. The van der Waals surface area contributed by atoms with E-state index in [1.54, 1.807) is 12.3 Å². The van der Waals surface area contributed by atoms with Crippen molar-refractivity contribution in [2.45, 2.75) is 4.90 Å². The second-order valence-corrected chi connectivity index (χ2v) is 5.69. The van der Waals surface area contributed by atoms with Crippen molar-refractivity contribution in [3.8, 4) is 0 Å². The number of anilines is 1. The van der Waals surface area contributed by atoms with Crippen LogP contribution < -0.4 is 10.0 Å². The van der Waals surface area contributed by atoms with Crippen LogP contribution in [0.1, 0.15) is 0 Å². The largest absolute Gasteiger partial charge is 0.353 e. The van der Waals surface area contributed by atoms with Gasteiger partial charge in [0.25, 0.3) is 0 Å². The Kier molecular flexibility index (Phi) is 3.32. The summed E-state index contributed by atoms with van der Waals surface area (Å²) < 4.78 is 22.9. The van der Waals surface area contributed by atoms with E-state index in [0.29, 0.717) is 5.82 Å². The minimum atomic E-state index is -3.71. The molecule has 1 aliphatic heterocycles. The Balaban J connectivity index is 2.33. The molecule has 0 saturated carbocycles. The fourth-order valence-corrected chi connectivity index (χ4v) is 2.56. The Bertz CT molecular complexity index is 495. The number of nitrogens with zero attached hydrogens (tertiary/aromatic N) is 3. The van der Waals surface area contributed by atoms with Crippen molar-refractivity contribution < 1.29 is 8.42 Å². The molecular weight excluding hydrogens is 240 g/mol. The standard InChI is InChI=1S/C10H16N4O2S/c1-13-5-7-14(8-6-13)10-9(17(11,15)16)3-2-4-12-10/h2-4H,5-8H2,1H3,(H2,11,15,16). The Morgan fingerprint density at radius 3 is 2.53 bits per heavy atom. The second-order valence-electron chi connectivity index (χ2n) is 4.16. The number of likely N-dealkylation sites (N-methyl/N-ethyl adjacent to an activating group) is 1. The lowest BCUT2D eigenvalue weighted by molar-refractivity contribution is 0.311. The van der Waals surface area contributed by atoms with Gasteiger partial charge in [0.1, 0.15) is 10.7 Å². The molecule has 0 radical (unpaired) electrons. The first-order valence-electron chi connectivity index (χ1n) is 5.40. The molecule has 0 spiro atoms. The molecule has 1 aliphatic rings. The molecule has 0 aliphatic carbocycles. The number of pyridine rings is 1. The highest BCUT2D eigenvalue weighted by atomic mass is 32.2. The summed E-state index contributed by atoms with van der Waals surface area (Å²) in [5.74, 6) is 0.461. The van der Waals surface area contributed by atoms with E-state index in [0.717, 1.165) is 26.2 Å². The molecule has 0 bridgehead atoms. The maximum Gasteiger partial charge on any atom is 0.241 e. The zero-order chi connectivity index (χ0) is 12.5. The number of piperazine rings is 1. The van der Waals surface area contributed by atoms with E-state index in [4.69, 9.17) is 5.14 Å². The van der Waals surface area contributed by atoms with Gasteiger partial charge >= 0.3 is 0 Å². The van der Waals surface area contributed by atoms with Gasteiger partial charge in [-0.05, 0) is 19.2 Å². The second kappa shape index (κ2) is 4.59. The predicted molar refractivity (Wildman–Crippen MR) is 65.3 cm³/mol. The molecule has 0 unspecified atom stereocenters. The van der Waals surface area contributed by atoms with Gasteiger partial charge in [0.2, 0.25) is 10.0 Å². The number of primary sulfonamides is 1. The predicted octanol–water partition coefficient (Wildman–Crippen LogP) is -0.519. The van der Waals surface area contributed by atoms with Crippen molar-refractivity contribution in [2.24, 2.45) is 5.14 Å². The van der Waals surface area contributed by atoms with E-state index in [2.05, 4.69) is 9.88 Å². The Morgan fingerprint density at radius 2 is 1.94 bits per heavy atom. The Labute approximate surface area is 101 Å². The van der Waals surface area contributed by atoms with Crippen LogP contribution in [0.4, 0.5) is 5.82 Å². The summed E-state index contributed by atoms with van der Waals surface area (Å²) in [7, 11) is -1.68. The van der Waals surface area contributed by atoms with Crippen LogP contribution in [0.3, 0.4) is 0 Å². The van der Waals surface area contributed by atoms with Crippen molar-refractivity contribution in [1.29, 1.82) is 0 Å². The first-order chi connectivity index (χ1) is 7.98. The molecule has 0 aromatic carbocycles. The van der Waals surface area contributed by atoms with Crippen LogP contribution in [0.25, 0.3) is 0 Å². The van der Waals surface area contributed by atoms with Gasteiger partial charge in [-0.1, -0.05) is 0 Å². The molecule has 7 heteroatoms. The quantitative estimate of drug-likeness (QED) is 0.770. The molecule has 17 heavy (non-hydrogen) atoms. The highest BCUT2D eigenvalue weighted by molar-refractivity contribution is 7.89. The summed E-state index contributed by atoms with van der Waals surface area (Å²) >= 11 is 0. The van der Waals surface area contributed by atoms with Gasteiger partial charge in [-0.3, -0.25) is 0 Å². The van der Waals surface area contributed by atoms with Gasteiger partial charge < -0.3 is 9.80 Å². The number of hydrogen-bond acceptors (Lipinski definition) is 5. The number of hydrogen-bond donors (Lipinski definition) is 1. The average molecular weight is 256 g/mol. The molecule has 1 aromatic rings. The van der Waals surface area contributed by atoms with Gasteiger partial charge in [0.05, 0.1) is 0 Å². The van der Waals surface area contributed by atoms with Crippen LogP contribution in [-0.2, 0) is 10.0 Å². The van der Waals surface area contributed by atoms with Crippen LogP contribution in [0.2, 0.25) is 0 Å². The van der Waals surface area contributed by atoms with Gasteiger partial charge in [0, 0.05) is 32.4 Å². The van der Waals surface area contributed by atoms with E-state index in [1.807, 2.05) is 11.9 Å². The molecule has 2 heterocycles. The summed E-state index contributed by atoms with van der Waals surface area (Å²) in [6, 6.07) is 3.08. The van der Waals surface area contributed by atoms with Crippen LogP contribution in [0, 0.1) is 0 Å². The van der Waals surface area contributed by atoms with E-state index in [-0.39, 0.29) is 4.90 Å². The molecule has 1 saturated heterocycles. The SMILES string of the molecule is CN1CCN(c2ncccc2S(N)(=O)=O)CC1. The lowest BCUT2D eigenvalue weighted by Crippen LogP contribution is -2.45. The summed E-state index contributed by atoms with van der Waals surface area (Å²) in [6.07, 6.45) is 1.59. The van der Waals surface area contributed by atoms with Crippen molar-refractivity contribution in [3.05, 3.63) is 18.3 Å². The van der Waals surface area contributed by atoms with Crippen molar-refractivity contribution in [3.63, 3.8) is 0 Å². The van der Waals surface area contributed by atoms with Crippen molar-refractivity contribution in [2.75, 3.05) is 38.1 Å². The van der Waals surface area contributed by atoms with E-state index in [9.17, 15) is 8.42 Å². The van der Waals surface area contributed by atoms with Gasteiger partial charge in [-0.15, -0.1) is 0 Å². The molecular formula is C10H16N4O2S. The molecule has 2 N–H and O–H groups in total. The number of aromatic nitrogens is 1. The summed E-state index contributed by atoms with van der Waals surface area (Å²) in [5, 5.41) is 5.19. The maximum atomic E-state index is 11.5. The van der Waals surface area contributed by atoms with Gasteiger partial charge in [-0.25, -0.2) is 18.5 Å². The van der Waals surface area contributed by atoms with Crippen LogP contribution >= 0.6 is 0 Å². The first-order valence-corrected chi connectivity index (χ1v) is 6.94. The van der Waals surface area contributed by atoms with Crippen LogP contribution in [-0.4, -0.2) is 51.5 Å². The number of nitrogens with two attached hydrogens (primary N) is 1. The molecule has 1 aromatic heterocycles. The number of rotatable bonds is 2. The van der Waals surface area contributed by atoms with Crippen LogP contribution in [0.15, 0.2) is 23.2 Å². The molecule has 0 atom stereocenters. The zero-order valence-electron chi connectivity index (χ0n) is 9.70. The molecule has 2 rings (SSSR count). The number of sulfonamides is 1. The fourth-order valence-electron chi connectivity index (χ4n) is 1.86.